The third-order valence-corrected chi connectivity index (χ3v) is 3.82. The standard InChI is InChI=1S/C17H28N2O/c1-4-20-17(2,3)14-18-13-15-7-9-16(10-8-15)19-11-5-6-12-19/h7-10,18H,4-6,11-14H2,1-3H3. The van der Waals surface area contributed by atoms with Gasteiger partial charge in [0.05, 0.1) is 5.60 Å². The second kappa shape index (κ2) is 7.09. The summed E-state index contributed by atoms with van der Waals surface area (Å²) in [5, 5.41) is 3.48. The van der Waals surface area contributed by atoms with E-state index in [1.54, 1.807) is 0 Å². The fourth-order valence-electron chi connectivity index (χ4n) is 2.75. The van der Waals surface area contributed by atoms with Gasteiger partial charge in [-0.1, -0.05) is 12.1 Å². The van der Waals surface area contributed by atoms with E-state index >= 15 is 0 Å². The average molecular weight is 276 g/mol. The highest BCUT2D eigenvalue weighted by Gasteiger charge is 2.16. The lowest BCUT2D eigenvalue weighted by Gasteiger charge is -2.25. The van der Waals surface area contributed by atoms with Gasteiger partial charge in [-0.05, 0) is 51.3 Å². The fraction of sp³-hybridized carbons (Fsp3) is 0.647. The van der Waals surface area contributed by atoms with Gasteiger partial charge in [0.1, 0.15) is 0 Å². The quantitative estimate of drug-likeness (QED) is 0.828. The summed E-state index contributed by atoms with van der Waals surface area (Å²) in [6.45, 7) is 11.2. The minimum absolute atomic E-state index is 0.0930. The number of hydrogen-bond acceptors (Lipinski definition) is 3. The van der Waals surface area contributed by atoms with Crippen molar-refractivity contribution in [3.63, 3.8) is 0 Å². The Kier molecular flexibility index (Phi) is 5.44. The third kappa shape index (κ3) is 4.50. The van der Waals surface area contributed by atoms with Gasteiger partial charge >= 0.3 is 0 Å². The summed E-state index contributed by atoms with van der Waals surface area (Å²) in [5.74, 6) is 0. The molecule has 112 valence electrons. The molecule has 3 nitrogen and oxygen atoms in total. The zero-order valence-corrected chi connectivity index (χ0v) is 13.1. The Balaban J connectivity index is 1.79. The first-order valence-electron chi connectivity index (χ1n) is 7.79. The number of nitrogens with one attached hydrogen (secondary N) is 1. The van der Waals surface area contributed by atoms with Crippen LogP contribution < -0.4 is 10.2 Å². The van der Waals surface area contributed by atoms with Gasteiger partial charge in [-0.3, -0.25) is 0 Å². The van der Waals surface area contributed by atoms with Crippen molar-refractivity contribution in [3.05, 3.63) is 29.8 Å². The van der Waals surface area contributed by atoms with Crippen molar-refractivity contribution in [2.24, 2.45) is 0 Å². The first-order valence-corrected chi connectivity index (χ1v) is 7.79. The zero-order valence-electron chi connectivity index (χ0n) is 13.1. The van der Waals surface area contributed by atoms with Crippen molar-refractivity contribution in [1.82, 2.24) is 5.32 Å². The van der Waals surface area contributed by atoms with Crippen LogP contribution in [0.3, 0.4) is 0 Å². The smallest absolute Gasteiger partial charge is 0.0750 e. The molecule has 0 unspecified atom stereocenters. The van der Waals surface area contributed by atoms with Crippen LogP contribution >= 0.6 is 0 Å². The van der Waals surface area contributed by atoms with Crippen LogP contribution in [0.15, 0.2) is 24.3 Å². The van der Waals surface area contributed by atoms with Crippen LogP contribution in [0.25, 0.3) is 0 Å². The third-order valence-electron chi connectivity index (χ3n) is 3.82. The Morgan fingerprint density at radius 1 is 1.15 bits per heavy atom. The van der Waals surface area contributed by atoms with Crippen molar-refractivity contribution in [1.29, 1.82) is 0 Å². The highest BCUT2D eigenvalue weighted by Crippen LogP contribution is 2.20. The first-order chi connectivity index (χ1) is 9.61. The van der Waals surface area contributed by atoms with Crippen LogP contribution in [0.2, 0.25) is 0 Å². The molecular weight excluding hydrogens is 248 g/mol. The van der Waals surface area contributed by atoms with Crippen LogP contribution in [0.4, 0.5) is 5.69 Å². The second-order valence-electron chi connectivity index (χ2n) is 6.16. The molecule has 0 amide bonds. The summed E-state index contributed by atoms with van der Waals surface area (Å²) in [4.78, 5) is 2.47. The maximum atomic E-state index is 5.68. The van der Waals surface area contributed by atoms with Crippen LogP contribution in [0.1, 0.15) is 39.2 Å². The van der Waals surface area contributed by atoms with Gasteiger partial charge in [0.2, 0.25) is 0 Å². The summed E-state index contributed by atoms with van der Waals surface area (Å²) in [7, 11) is 0. The van der Waals surface area contributed by atoms with Gasteiger partial charge in [-0.15, -0.1) is 0 Å². The average Bonchev–Trinajstić information content (AvgIpc) is 2.93. The summed E-state index contributed by atoms with van der Waals surface area (Å²) in [6, 6.07) is 8.95. The molecule has 1 aromatic rings. The lowest BCUT2D eigenvalue weighted by atomic mass is 10.1. The van der Waals surface area contributed by atoms with Crippen molar-refractivity contribution in [2.45, 2.75) is 45.8 Å². The van der Waals surface area contributed by atoms with Gasteiger partial charge in [0.15, 0.2) is 0 Å². The van der Waals surface area contributed by atoms with E-state index in [4.69, 9.17) is 4.74 Å². The highest BCUT2D eigenvalue weighted by molar-refractivity contribution is 5.48. The number of benzene rings is 1. The molecule has 2 rings (SSSR count). The van der Waals surface area contributed by atoms with Gasteiger partial charge < -0.3 is 15.0 Å². The lowest BCUT2D eigenvalue weighted by Crippen LogP contribution is -2.37. The van der Waals surface area contributed by atoms with E-state index in [1.165, 1.54) is 37.2 Å². The lowest BCUT2D eigenvalue weighted by molar-refractivity contribution is -0.00897. The molecule has 0 spiro atoms. The molecule has 0 atom stereocenters. The Morgan fingerprint density at radius 2 is 1.80 bits per heavy atom. The number of rotatable bonds is 7. The molecular formula is C17H28N2O. The first kappa shape index (κ1) is 15.3. The Morgan fingerprint density at radius 3 is 2.40 bits per heavy atom. The summed E-state index contributed by atoms with van der Waals surface area (Å²) >= 11 is 0. The number of ether oxygens (including phenoxy) is 1. The number of nitrogens with zero attached hydrogens (tertiary/aromatic N) is 1. The van der Waals surface area contributed by atoms with Crippen molar-refractivity contribution >= 4 is 5.69 Å². The van der Waals surface area contributed by atoms with E-state index in [0.717, 1.165) is 19.7 Å². The molecule has 1 saturated heterocycles. The maximum absolute atomic E-state index is 5.68. The maximum Gasteiger partial charge on any atom is 0.0750 e. The predicted octanol–water partition coefficient (Wildman–Crippen LogP) is 3.19. The highest BCUT2D eigenvalue weighted by atomic mass is 16.5. The molecule has 1 aliphatic heterocycles. The minimum atomic E-state index is -0.0930. The van der Waals surface area contributed by atoms with E-state index in [0.29, 0.717) is 0 Å². The van der Waals surface area contributed by atoms with Crippen LogP contribution in [-0.2, 0) is 11.3 Å². The summed E-state index contributed by atoms with van der Waals surface area (Å²) in [5.41, 5.74) is 2.60. The number of anilines is 1. The van der Waals surface area contributed by atoms with Gasteiger partial charge in [-0.2, -0.15) is 0 Å². The number of hydrogen-bond donors (Lipinski definition) is 1. The normalized spacial score (nSPS) is 15.8. The monoisotopic (exact) mass is 276 g/mol. The summed E-state index contributed by atoms with van der Waals surface area (Å²) in [6.07, 6.45) is 2.66. The Bertz CT molecular complexity index is 394. The van der Waals surface area contributed by atoms with Gasteiger partial charge in [0.25, 0.3) is 0 Å². The van der Waals surface area contributed by atoms with E-state index < -0.39 is 0 Å². The van der Waals surface area contributed by atoms with Crippen LogP contribution in [0.5, 0.6) is 0 Å². The molecule has 0 saturated carbocycles. The fourth-order valence-corrected chi connectivity index (χ4v) is 2.75. The Hall–Kier alpha value is -1.06. The molecule has 0 aromatic heterocycles. The SMILES string of the molecule is CCOC(C)(C)CNCc1ccc(N2CCCC2)cc1. The second-order valence-corrected chi connectivity index (χ2v) is 6.16. The van der Waals surface area contributed by atoms with E-state index in [9.17, 15) is 0 Å². The van der Waals surface area contributed by atoms with Gasteiger partial charge in [-0.25, -0.2) is 0 Å². The van der Waals surface area contributed by atoms with Crippen LogP contribution in [-0.4, -0.2) is 31.8 Å². The molecule has 20 heavy (non-hydrogen) atoms. The molecule has 1 N–H and O–H groups in total. The van der Waals surface area contributed by atoms with Gasteiger partial charge in [0, 0.05) is 38.5 Å². The molecule has 0 radical (unpaired) electrons. The van der Waals surface area contributed by atoms with E-state index in [-0.39, 0.29) is 5.60 Å². The van der Waals surface area contributed by atoms with E-state index in [2.05, 4.69) is 48.3 Å². The molecule has 1 fully saturated rings. The topological polar surface area (TPSA) is 24.5 Å². The molecule has 0 aliphatic carbocycles. The Labute approximate surface area is 123 Å². The largest absolute Gasteiger partial charge is 0.375 e. The summed E-state index contributed by atoms with van der Waals surface area (Å²) < 4.78 is 5.68. The molecule has 1 heterocycles. The minimum Gasteiger partial charge on any atom is -0.375 e. The molecule has 0 bridgehead atoms. The zero-order chi connectivity index (χ0) is 14.4. The molecule has 3 heteroatoms. The van der Waals surface area contributed by atoms with E-state index in [1.807, 2.05) is 6.92 Å². The van der Waals surface area contributed by atoms with Crippen LogP contribution in [0, 0.1) is 0 Å². The predicted molar refractivity (Wildman–Crippen MR) is 85.3 cm³/mol. The van der Waals surface area contributed by atoms with Crippen molar-refractivity contribution in [2.75, 3.05) is 31.1 Å². The van der Waals surface area contributed by atoms with Crippen molar-refractivity contribution in [3.8, 4) is 0 Å². The van der Waals surface area contributed by atoms with Crippen molar-refractivity contribution < 1.29 is 4.74 Å². The molecule has 1 aliphatic rings. The molecule has 1 aromatic carbocycles.